The highest BCUT2D eigenvalue weighted by atomic mass is 35.5. The van der Waals surface area contributed by atoms with Gasteiger partial charge in [0.2, 0.25) is 5.91 Å². The Morgan fingerprint density at radius 2 is 2.05 bits per heavy atom. The van der Waals surface area contributed by atoms with Gasteiger partial charge in [-0.3, -0.25) is 9.69 Å². The lowest BCUT2D eigenvalue weighted by molar-refractivity contribution is -0.131. The molecule has 0 radical (unpaired) electrons. The van der Waals surface area contributed by atoms with Gasteiger partial charge in [-0.05, 0) is 32.0 Å². The fraction of sp³-hybridized carbons (Fsp3) is 0.538. The number of rotatable bonds is 4. The van der Waals surface area contributed by atoms with Crippen LogP contribution in [0.25, 0.3) is 0 Å². The normalized spacial score (nSPS) is 15.3. The minimum atomic E-state index is 0.165. The van der Waals surface area contributed by atoms with Crippen molar-refractivity contribution in [3.05, 3.63) is 28.0 Å². The van der Waals surface area contributed by atoms with Crippen molar-refractivity contribution in [2.75, 3.05) is 26.7 Å². The maximum Gasteiger partial charge on any atom is 0.236 e. The number of hydrogen-bond donors (Lipinski definition) is 0. The van der Waals surface area contributed by atoms with Gasteiger partial charge in [0.05, 0.1) is 17.3 Å². The number of hydrogen-bond acceptors (Lipinski definition) is 3. The molecule has 1 amide bonds. The Morgan fingerprint density at radius 1 is 1.37 bits per heavy atom. The average molecular weight is 302 g/mol. The van der Waals surface area contributed by atoms with Gasteiger partial charge in [0, 0.05) is 19.6 Å². The standard InChI is InChI=1S/C13H17Cl2N3O/c1-17(9-13(19)18-6-2-3-7-18)8-11-10(14)4-5-12(15)16-11/h4-5H,2-3,6-9H2,1H3. The molecule has 1 aromatic heterocycles. The van der Waals surface area contributed by atoms with Gasteiger partial charge in [-0.1, -0.05) is 23.2 Å². The third-order valence-corrected chi connectivity index (χ3v) is 3.72. The van der Waals surface area contributed by atoms with Crippen LogP contribution in [-0.4, -0.2) is 47.4 Å². The summed E-state index contributed by atoms with van der Waals surface area (Å²) >= 11 is 11.9. The first kappa shape index (κ1) is 14.6. The number of likely N-dealkylation sites (tertiary alicyclic amines) is 1. The van der Waals surface area contributed by atoms with Crippen LogP contribution in [0.2, 0.25) is 10.2 Å². The quantitative estimate of drug-likeness (QED) is 0.802. The summed E-state index contributed by atoms with van der Waals surface area (Å²) in [6, 6.07) is 3.38. The third kappa shape index (κ3) is 4.06. The molecular formula is C13H17Cl2N3O. The molecule has 0 unspecified atom stereocenters. The third-order valence-electron chi connectivity index (χ3n) is 3.17. The number of carbonyl (C=O) groups is 1. The van der Waals surface area contributed by atoms with Gasteiger partial charge in [0.15, 0.2) is 0 Å². The van der Waals surface area contributed by atoms with Crippen LogP contribution >= 0.6 is 23.2 Å². The minimum Gasteiger partial charge on any atom is -0.342 e. The summed E-state index contributed by atoms with van der Waals surface area (Å²) in [6.45, 7) is 2.65. The first-order valence-corrected chi connectivity index (χ1v) is 7.09. The lowest BCUT2D eigenvalue weighted by Gasteiger charge is -2.21. The largest absolute Gasteiger partial charge is 0.342 e. The van der Waals surface area contributed by atoms with E-state index in [1.807, 2.05) is 16.8 Å². The molecule has 0 saturated carbocycles. The van der Waals surface area contributed by atoms with Crippen LogP contribution in [0.1, 0.15) is 18.5 Å². The van der Waals surface area contributed by atoms with Crippen molar-refractivity contribution in [1.29, 1.82) is 0 Å². The molecule has 0 aromatic carbocycles. The molecular weight excluding hydrogens is 285 g/mol. The molecule has 0 spiro atoms. The highest BCUT2D eigenvalue weighted by molar-refractivity contribution is 6.32. The Hall–Kier alpha value is -0.840. The Bertz CT molecular complexity index is 461. The highest BCUT2D eigenvalue weighted by Gasteiger charge is 2.19. The van der Waals surface area contributed by atoms with E-state index in [0.717, 1.165) is 25.9 Å². The van der Waals surface area contributed by atoms with Gasteiger partial charge >= 0.3 is 0 Å². The van der Waals surface area contributed by atoms with Gasteiger partial charge in [-0.15, -0.1) is 0 Å². The molecule has 0 N–H and O–H groups in total. The smallest absolute Gasteiger partial charge is 0.236 e. The maximum absolute atomic E-state index is 12.0. The van der Waals surface area contributed by atoms with E-state index in [1.165, 1.54) is 0 Å². The molecule has 19 heavy (non-hydrogen) atoms. The van der Waals surface area contributed by atoms with Gasteiger partial charge < -0.3 is 4.90 Å². The van der Waals surface area contributed by atoms with Crippen LogP contribution in [0.4, 0.5) is 0 Å². The molecule has 1 saturated heterocycles. The molecule has 1 fully saturated rings. The van der Waals surface area contributed by atoms with Crippen LogP contribution < -0.4 is 0 Å². The molecule has 4 nitrogen and oxygen atoms in total. The summed E-state index contributed by atoms with van der Waals surface area (Å²) in [5.74, 6) is 0.165. The van der Waals surface area contributed by atoms with E-state index in [1.54, 1.807) is 12.1 Å². The van der Waals surface area contributed by atoms with E-state index in [4.69, 9.17) is 23.2 Å². The second-order valence-electron chi connectivity index (χ2n) is 4.82. The molecule has 6 heteroatoms. The number of amides is 1. The van der Waals surface area contributed by atoms with E-state index in [0.29, 0.717) is 29.0 Å². The van der Waals surface area contributed by atoms with Crippen molar-refractivity contribution in [1.82, 2.24) is 14.8 Å². The van der Waals surface area contributed by atoms with Gasteiger partial charge in [-0.2, -0.15) is 0 Å². The van der Waals surface area contributed by atoms with E-state index in [2.05, 4.69) is 4.98 Å². The molecule has 1 aliphatic heterocycles. The fourth-order valence-corrected chi connectivity index (χ4v) is 2.51. The summed E-state index contributed by atoms with van der Waals surface area (Å²) in [7, 11) is 1.88. The zero-order valence-corrected chi connectivity index (χ0v) is 12.4. The number of aromatic nitrogens is 1. The number of halogens is 2. The topological polar surface area (TPSA) is 36.4 Å². The molecule has 2 heterocycles. The van der Waals surface area contributed by atoms with E-state index in [9.17, 15) is 4.79 Å². The molecule has 0 bridgehead atoms. The van der Waals surface area contributed by atoms with Crippen LogP contribution in [-0.2, 0) is 11.3 Å². The monoisotopic (exact) mass is 301 g/mol. The summed E-state index contributed by atoms with van der Waals surface area (Å²) in [5, 5.41) is 0.989. The van der Waals surface area contributed by atoms with Crippen LogP contribution in [0.15, 0.2) is 12.1 Å². The maximum atomic E-state index is 12.0. The predicted molar refractivity (Wildman–Crippen MR) is 76.4 cm³/mol. The van der Waals surface area contributed by atoms with Crippen LogP contribution in [0, 0.1) is 0 Å². The van der Waals surface area contributed by atoms with Crippen molar-refractivity contribution in [2.45, 2.75) is 19.4 Å². The summed E-state index contributed by atoms with van der Waals surface area (Å²) < 4.78 is 0. The van der Waals surface area contributed by atoms with Gasteiger partial charge in [0.25, 0.3) is 0 Å². The van der Waals surface area contributed by atoms with Crippen molar-refractivity contribution in [2.24, 2.45) is 0 Å². The number of carbonyl (C=O) groups excluding carboxylic acids is 1. The molecule has 2 rings (SSSR count). The number of nitrogens with zero attached hydrogens (tertiary/aromatic N) is 3. The molecule has 0 atom stereocenters. The van der Waals surface area contributed by atoms with Crippen LogP contribution in [0.3, 0.4) is 0 Å². The van der Waals surface area contributed by atoms with E-state index >= 15 is 0 Å². The summed E-state index contributed by atoms with van der Waals surface area (Å²) in [6.07, 6.45) is 2.22. The molecule has 0 aliphatic carbocycles. The van der Waals surface area contributed by atoms with E-state index < -0.39 is 0 Å². The molecule has 104 valence electrons. The minimum absolute atomic E-state index is 0.165. The predicted octanol–water partition coefficient (Wildman–Crippen LogP) is 2.44. The Labute approximate surface area is 123 Å². The fourth-order valence-electron chi connectivity index (χ4n) is 2.18. The highest BCUT2D eigenvalue weighted by Crippen LogP contribution is 2.18. The first-order chi connectivity index (χ1) is 9.06. The number of pyridine rings is 1. The summed E-state index contributed by atoms with van der Waals surface area (Å²) in [4.78, 5) is 20.0. The molecule has 1 aliphatic rings. The van der Waals surface area contributed by atoms with Crippen molar-refractivity contribution < 1.29 is 4.79 Å². The average Bonchev–Trinajstić information content (AvgIpc) is 2.87. The summed E-state index contributed by atoms with van der Waals surface area (Å²) in [5.41, 5.74) is 0.700. The lowest BCUT2D eigenvalue weighted by atomic mass is 10.3. The second-order valence-corrected chi connectivity index (χ2v) is 5.62. The Morgan fingerprint density at radius 3 is 2.74 bits per heavy atom. The van der Waals surface area contributed by atoms with Crippen LogP contribution in [0.5, 0.6) is 0 Å². The van der Waals surface area contributed by atoms with Crippen molar-refractivity contribution in [3.8, 4) is 0 Å². The lowest BCUT2D eigenvalue weighted by Crippen LogP contribution is -2.37. The molecule has 1 aromatic rings. The van der Waals surface area contributed by atoms with Gasteiger partial charge in [-0.25, -0.2) is 4.98 Å². The van der Waals surface area contributed by atoms with E-state index in [-0.39, 0.29) is 5.91 Å². The SMILES string of the molecule is CN(CC(=O)N1CCCC1)Cc1nc(Cl)ccc1Cl. The van der Waals surface area contributed by atoms with Crippen molar-refractivity contribution >= 4 is 29.1 Å². The zero-order chi connectivity index (χ0) is 13.8. The Balaban J connectivity index is 1.91. The van der Waals surface area contributed by atoms with Crippen molar-refractivity contribution in [3.63, 3.8) is 0 Å². The van der Waals surface area contributed by atoms with Gasteiger partial charge in [0.1, 0.15) is 5.15 Å². The Kier molecular flexibility index (Phi) is 5.02. The first-order valence-electron chi connectivity index (χ1n) is 6.33. The second kappa shape index (κ2) is 6.55. The zero-order valence-electron chi connectivity index (χ0n) is 10.9. The number of likely N-dealkylation sites (N-methyl/N-ethyl adjacent to an activating group) is 1.